The highest BCUT2D eigenvalue weighted by Crippen LogP contribution is 2.26. The normalized spacial score (nSPS) is 12.4. The number of aromatic nitrogens is 4. The van der Waals surface area contributed by atoms with Gasteiger partial charge >= 0.3 is 10.1 Å². The molecule has 15 heteroatoms. The van der Waals surface area contributed by atoms with E-state index in [1.54, 1.807) is 0 Å². The van der Waals surface area contributed by atoms with Crippen LogP contribution in [0.3, 0.4) is 0 Å². The van der Waals surface area contributed by atoms with Gasteiger partial charge in [0, 0.05) is 5.69 Å². The molecule has 0 saturated heterocycles. The van der Waals surface area contributed by atoms with Gasteiger partial charge in [0.1, 0.15) is 11.5 Å². The first kappa shape index (κ1) is 19.7. The van der Waals surface area contributed by atoms with Crippen molar-refractivity contribution in [1.29, 1.82) is 0 Å². The first-order chi connectivity index (χ1) is 14.3. The SMILES string of the molecule is NN=C(c1ccc(S(=O)(=O)O)o1)c1nc2nonc2nc1Nc1ccc(F)c(Cl)c1. The Morgan fingerprint density at radius 3 is 2.57 bits per heavy atom. The maximum Gasteiger partial charge on any atom is 0.328 e. The molecule has 4 rings (SSSR count). The Morgan fingerprint density at radius 2 is 1.93 bits per heavy atom. The number of furan rings is 1. The number of benzene rings is 1. The quantitative estimate of drug-likeness (QED) is 0.174. The predicted octanol–water partition coefficient (Wildman–Crippen LogP) is 2.10. The molecule has 30 heavy (non-hydrogen) atoms. The molecule has 12 nitrogen and oxygen atoms in total. The molecule has 1 aromatic carbocycles. The van der Waals surface area contributed by atoms with Crippen molar-refractivity contribution >= 4 is 50.2 Å². The third-order valence-electron chi connectivity index (χ3n) is 3.72. The lowest BCUT2D eigenvalue weighted by atomic mass is 10.2. The van der Waals surface area contributed by atoms with E-state index in [-0.39, 0.29) is 39.3 Å². The minimum absolute atomic E-state index is 0.00426. The average molecular weight is 454 g/mol. The number of fused-ring (bicyclic) bond motifs is 1. The molecule has 0 amide bonds. The van der Waals surface area contributed by atoms with Crippen LogP contribution in [0.4, 0.5) is 15.9 Å². The molecular formula is C15H9ClFN7O5S. The Morgan fingerprint density at radius 1 is 1.20 bits per heavy atom. The van der Waals surface area contributed by atoms with Gasteiger partial charge in [-0.25, -0.2) is 19.0 Å². The van der Waals surface area contributed by atoms with Gasteiger partial charge in [0.15, 0.2) is 17.3 Å². The molecule has 0 unspecified atom stereocenters. The summed E-state index contributed by atoms with van der Waals surface area (Å²) in [4.78, 5) is 8.42. The van der Waals surface area contributed by atoms with Crippen LogP contribution in [0.15, 0.2) is 49.6 Å². The van der Waals surface area contributed by atoms with E-state index in [9.17, 15) is 12.8 Å². The van der Waals surface area contributed by atoms with E-state index >= 15 is 0 Å². The number of anilines is 2. The molecule has 0 saturated carbocycles. The summed E-state index contributed by atoms with van der Waals surface area (Å²) in [5.74, 6) is 4.73. The first-order valence-corrected chi connectivity index (χ1v) is 9.66. The van der Waals surface area contributed by atoms with Crippen molar-refractivity contribution in [3.05, 3.63) is 52.6 Å². The van der Waals surface area contributed by atoms with E-state index in [4.69, 9.17) is 26.4 Å². The Hall–Kier alpha value is -3.62. The molecule has 0 bridgehead atoms. The number of nitrogens with zero attached hydrogens (tertiary/aromatic N) is 5. The zero-order chi connectivity index (χ0) is 21.5. The number of hydrogen-bond acceptors (Lipinski definition) is 11. The van der Waals surface area contributed by atoms with Gasteiger partial charge < -0.3 is 15.6 Å². The van der Waals surface area contributed by atoms with Gasteiger partial charge in [0.25, 0.3) is 0 Å². The van der Waals surface area contributed by atoms with Crippen LogP contribution in [0, 0.1) is 5.82 Å². The predicted molar refractivity (Wildman–Crippen MR) is 100 cm³/mol. The van der Waals surface area contributed by atoms with Crippen LogP contribution >= 0.6 is 11.6 Å². The molecule has 3 aromatic heterocycles. The van der Waals surface area contributed by atoms with Crippen molar-refractivity contribution in [3.8, 4) is 0 Å². The minimum Gasteiger partial charge on any atom is -0.440 e. The second-order valence-electron chi connectivity index (χ2n) is 5.66. The molecule has 0 atom stereocenters. The fourth-order valence-corrected chi connectivity index (χ4v) is 3.04. The molecule has 0 radical (unpaired) electrons. The molecule has 154 valence electrons. The standard InChI is InChI=1S/C15H9ClFN7O5S/c16-7-5-6(1-2-8(7)17)19-13-12(20-14-15(21-13)24-29-23-14)11(22-18)9-3-4-10(28-9)30(25,26)27/h1-5H,18H2,(H,19,21,24)(H,25,26,27). The third kappa shape index (κ3) is 3.66. The topological polar surface area (TPSA) is 183 Å². The van der Waals surface area contributed by atoms with E-state index in [2.05, 4.69) is 35.3 Å². The summed E-state index contributed by atoms with van der Waals surface area (Å²) in [5.41, 5.74) is 0.192. The Labute approximate surface area is 171 Å². The Balaban J connectivity index is 1.84. The average Bonchev–Trinajstić information content (AvgIpc) is 3.34. The van der Waals surface area contributed by atoms with Gasteiger partial charge in [-0.1, -0.05) is 11.6 Å². The lowest BCUT2D eigenvalue weighted by Crippen LogP contribution is -2.13. The molecule has 0 aliphatic rings. The van der Waals surface area contributed by atoms with Crippen molar-refractivity contribution < 1.29 is 26.4 Å². The number of hydrogen-bond donors (Lipinski definition) is 3. The van der Waals surface area contributed by atoms with E-state index < -0.39 is 21.0 Å². The minimum atomic E-state index is -4.60. The lowest BCUT2D eigenvalue weighted by molar-refractivity contribution is 0.314. The van der Waals surface area contributed by atoms with Crippen LogP contribution in [0.1, 0.15) is 11.5 Å². The molecule has 3 heterocycles. The lowest BCUT2D eigenvalue weighted by Gasteiger charge is -2.10. The second-order valence-corrected chi connectivity index (χ2v) is 7.42. The zero-order valence-corrected chi connectivity index (χ0v) is 16.0. The molecular weight excluding hydrogens is 445 g/mol. The molecule has 0 aliphatic heterocycles. The highest BCUT2D eigenvalue weighted by Gasteiger charge is 2.24. The van der Waals surface area contributed by atoms with Crippen LogP contribution in [-0.2, 0) is 10.1 Å². The highest BCUT2D eigenvalue weighted by atomic mass is 35.5. The molecule has 4 N–H and O–H groups in total. The molecule has 0 aliphatic carbocycles. The molecule has 0 fully saturated rings. The van der Waals surface area contributed by atoms with Gasteiger partial charge in [0.05, 0.1) is 5.02 Å². The van der Waals surface area contributed by atoms with Crippen LogP contribution in [0.5, 0.6) is 0 Å². The fourth-order valence-electron chi connectivity index (χ4n) is 2.43. The maximum absolute atomic E-state index is 13.5. The summed E-state index contributed by atoms with van der Waals surface area (Å²) in [7, 11) is -4.60. The number of rotatable bonds is 5. The van der Waals surface area contributed by atoms with E-state index in [1.807, 2.05) is 0 Å². The fraction of sp³-hybridized carbons (Fsp3) is 0. The van der Waals surface area contributed by atoms with Gasteiger partial charge in [-0.05, 0) is 40.6 Å². The second kappa shape index (κ2) is 7.33. The van der Waals surface area contributed by atoms with E-state index in [0.717, 1.165) is 12.1 Å². The zero-order valence-electron chi connectivity index (χ0n) is 14.4. The Bertz CT molecular complexity index is 1400. The summed E-state index contributed by atoms with van der Waals surface area (Å²) in [6.07, 6.45) is 0. The van der Waals surface area contributed by atoms with Gasteiger partial charge in [-0.3, -0.25) is 4.55 Å². The van der Waals surface area contributed by atoms with Crippen molar-refractivity contribution in [2.75, 3.05) is 5.32 Å². The summed E-state index contributed by atoms with van der Waals surface area (Å²) < 4.78 is 54.9. The summed E-state index contributed by atoms with van der Waals surface area (Å²) in [6.45, 7) is 0. The summed E-state index contributed by atoms with van der Waals surface area (Å²) in [5, 5.41) is 12.8. The van der Waals surface area contributed by atoms with Gasteiger partial charge in [-0.15, -0.1) is 0 Å². The van der Waals surface area contributed by atoms with Crippen molar-refractivity contribution in [1.82, 2.24) is 20.3 Å². The van der Waals surface area contributed by atoms with Crippen LogP contribution < -0.4 is 11.2 Å². The Kier molecular flexibility index (Phi) is 4.81. The number of nitrogens with two attached hydrogens (primary N) is 1. The summed E-state index contributed by atoms with van der Waals surface area (Å²) >= 11 is 5.80. The van der Waals surface area contributed by atoms with E-state index in [1.165, 1.54) is 18.2 Å². The van der Waals surface area contributed by atoms with Crippen LogP contribution in [0.25, 0.3) is 11.3 Å². The van der Waals surface area contributed by atoms with Crippen molar-refractivity contribution in [2.45, 2.75) is 5.09 Å². The molecule has 4 aromatic rings. The van der Waals surface area contributed by atoms with E-state index in [0.29, 0.717) is 5.69 Å². The number of hydrazone groups is 1. The number of halogens is 2. The first-order valence-electron chi connectivity index (χ1n) is 7.84. The van der Waals surface area contributed by atoms with Gasteiger partial charge in [-0.2, -0.15) is 13.5 Å². The largest absolute Gasteiger partial charge is 0.440 e. The summed E-state index contributed by atoms with van der Waals surface area (Å²) in [6, 6.07) is 6.04. The molecule has 0 spiro atoms. The highest BCUT2D eigenvalue weighted by molar-refractivity contribution is 7.85. The van der Waals surface area contributed by atoms with Crippen molar-refractivity contribution in [3.63, 3.8) is 0 Å². The number of nitrogens with one attached hydrogen (secondary N) is 1. The van der Waals surface area contributed by atoms with Crippen molar-refractivity contribution in [2.24, 2.45) is 10.9 Å². The van der Waals surface area contributed by atoms with Gasteiger partial charge in [0.2, 0.25) is 16.4 Å². The monoisotopic (exact) mass is 453 g/mol. The third-order valence-corrected chi connectivity index (χ3v) is 4.74. The van der Waals surface area contributed by atoms with Crippen LogP contribution in [-0.4, -0.2) is 39.0 Å². The maximum atomic E-state index is 13.5. The van der Waals surface area contributed by atoms with Crippen LogP contribution in [0.2, 0.25) is 5.02 Å². The smallest absolute Gasteiger partial charge is 0.328 e.